The zero-order valence-corrected chi connectivity index (χ0v) is 24.6. The maximum Gasteiger partial charge on any atom is 0.261 e. The van der Waals surface area contributed by atoms with Gasteiger partial charge in [0.1, 0.15) is 17.1 Å². The number of hydrogen-bond donors (Lipinski definition) is 0. The molecule has 208 valence electrons. The quantitative estimate of drug-likeness (QED) is 0.0853. The lowest BCUT2D eigenvalue weighted by molar-refractivity contribution is -0.0708. The average molecular weight is 551 g/mol. The Balaban J connectivity index is 2.06. The van der Waals surface area contributed by atoms with Gasteiger partial charge in [-0.1, -0.05) is 54.6 Å². The number of nitriles is 1. The van der Waals surface area contributed by atoms with Crippen LogP contribution in [-0.2, 0) is 19.4 Å². The van der Waals surface area contributed by atoms with Gasteiger partial charge in [-0.25, -0.2) is 4.67 Å². The smallest absolute Gasteiger partial charge is 0.261 e. The molecule has 0 saturated carbocycles. The first kappa shape index (κ1) is 30.6. The highest BCUT2D eigenvalue weighted by Gasteiger charge is 2.39. The summed E-state index contributed by atoms with van der Waals surface area (Å²) >= 11 is 0. The second-order valence-corrected chi connectivity index (χ2v) is 10.9. The Bertz CT molecular complexity index is 1110. The van der Waals surface area contributed by atoms with Crippen LogP contribution in [0, 0.1) is 11.3 Å². The molecule has 7 nitrogen and oxygen atoms in total. The third-order valence-electron chi connectivity index (χ3n) is 6.27. The van der Waals surface area contributed by atoms with E-state index in [4.69, 9.17) is 28.5 Å². The maximum atomic E-state index is 9.05. The van der Waals surface area contributed by atoms with E-state index < -0.39 is 14.1 Å². The van der Waals surface area contributed by atoms with Gasteiger partial charge in [-0.2, -0.15) is 5.26 Å². The van der Waals surface area contributed by atoms with Crippen molar-refractivity contribution in [2.24, 2.45) is 0 Å². The van der Waals surface area contributed by atoms with Crippen LogP contribution in [0.25, 0.3) is 0 Å². The molecule has 0 radical (unpaired) electrons. The molecule has 0 fully saturated rings. The molecule has 0 spiro atoms. The fourth-order valence-electron chi connectivity index (χ4n) is 4.55. The molecular formula is C31H39N2O5P. The first-order valence-corrected chi connectivity index (χ1v) is 14.2. The van der Waals surface area contributed by atoms with Crippen LogP contribution >= 0.6 is 8.53 Å². The van der Waals surface area contributed by atoms with E-state index >= 15 is 0 Å². The summed E-state index contributed by atoms with van der Waals surface area (Å²) in [6, 6.07) is 28.3. The number of rotatable bonds is 15. The molecule has 3 rings (SSSR count). The predicted molar refractivity (Wildman–Crippen MR) is 155 cm³/mol. The van der Waals surface area contributed by atoms with Crippen molar-refractivity contribution in [2.75, 3.05) is 27.6 Å². The SMILES string of the molecule is COc1ccc(C(OCOP(OCCC#N)N(C(C)C)C(C)C)(c2ccccc2)c2ccc(OC)cc2)cc1. The van der Waals surface area contributed by atoms with Gasteiger partial charge in [0.25, 0.3) is 8.53 Å². The van der Waals surface area contributed by atoms with Crippen LogP contribution in [0.3, 0.4) is 0 Å². The van der Waals surface area contributed by atoms with Gasteiger partial charge >= 0.3 is 0 Å². The van der Waals surface area contributed by atoms with Gasteiger partial charge in [0, 0.05) is 12.1 Å². The zero-order valence-electron chi connectivity index (χ0n) is 23.7. The Morgan fingerprint density at radius 2 is 1.23 bits per heavy atom. The molecule has 1 unspecified atom stereocenters. The summed E-state index contributed by atoms with van der Waals surface area (Å²) in [4.78, 5) is 0. The molecule has 3 aromatic rings. The lowest BCUT2D eigenvalue weighted by Crippen LogP contribution is -2.36. The molecule has 0 aliphatic rings. The largest absolute Gasteiger partial charge is 0.497 e. The Morgan fingerprint density at radius 3 is 1.67 bits per heavy atom. The fourth-order valence-corrected chi connectivity index (χ4v) is 6.03. The monoisotopic (exact) mass is 550 g/mol. The van der Waals surface area contributed by atoms with Gasteiger partial charge in [-0.3, -0.25) is 4.52 Å². The highest BCUT2D eigenvalue weighted by Crippen LogP contribution is 2.48. The first-order valence-electron chi connectivity index (χ1n) is 13.1. The van der Waals surface area contributed by atoms with Gasteiger partial charge in [-0.05, 0) is 68.7 Å². The minimum absolute atomic E-state index is 0.0405. The first-order chi connectivity index (χ1) is 18.9. The van der Waals surface area contributed by atoms with E-state index in [1.807, 2.05) is 66.7 Å². The van der Waals surface area contributed by atoms with Gasteiger partial charge in [0.05, 0.1) is 33.3 Å². The average Bonchev–Trinajstić information content (AvgIpc) is 2.95. The molecule has 0 aliphatic carbocycles. The summed E-state index contributed by atoms with van der Waals surface area (Å²) in [7, 11) is 1.83. The van der Waals surface area contributed by atoms with Crippen molar-refractivity contribution in [2.45, 2.75) is 51.8 Å². The van der Waals surface area contributed by atoms with Crippen molar-refractivity contribution in [1.82, 2.24) is 4.67 Å². The second kappa shape index (κ2) is 15.0. The highest BCUT2D eigenvalue weighted by atomic mass is 31.2. The van der Waals surface area contributed by atoms with Crippen LogP contribution in [-0.4, -0.2) is 44.4 Å². The molecule has 0 aliphatic heterocycles. The maximum absolute atomic E-state index is 9.05. The van der Waals surface area contributed by atoms with Crippen LogP contribution < -0.4 is 9.47 Å². The lowest BCUT2D eigenvalue weighted by atomic mass is 9.80. The van der Waals surface area contributed by atoms with E-state index in [2.05, 4.69) is 50.6 Å². The summed E-state index contributed by atoms with van der Waals surface area (Å²) in [6.07, 6.45) is 0.290. The summed E-state index contributed by atoms with van der Waals surface area (Å²) in [5, 5.41) is 9.05. The molecule has 0 heterocycles. The number of benzene rings is 3. The van der Waals surface area contributed by atoms with Crippen LogP contribution in [0.4, 0.5) is 0 Å². The Kier molecular flexibility index (Phi) is 11.7. The predicted octanol–water partition coefficient (Wildman–Crippen LogP) is 7.26. The Hall–Kier alpha value is -2.98. The fraction of sp³-hybridized carbons (Fsp3) is 0.387. The van der Waals surface area contributed by atoms with Crippen LogP contribution in [0.15, 0.2) is 78.9 Å². The Morgan fingerprint density at radius 1 is 0.744 bits per heavy atom. The van der Waals surface area contributed by atoms with E-state index in [0.29, 0.717) is 13.0 Å². The molecule has 8 heteroatoms. The zero-order chi connectivity index (χ0) is 28.3. The van der Waals surface area contributed by atoms with Gasteiger partial charge < -0.3 is 18.7 Å². The van der Waals surface area contributed by atoms with E-state index in [1.165, 1.54) is 0 Å². The number of hydrogen-bond acceptors (Lipinski definition) is 7. The van der Waals surface area contributed by atoms with Crippen molar-refractivity contribution in [3.63, 3.8) is 0 Å². The van der Waals surface area contributed by atoms with Gasteiger partial charge in [-0.15, -0.1) is 0 Å². The third kappa shape index (κ3) is 7.57. The normalized spacial score (nSPS) is 12.5. The molecule has 1 atom stereocenters. The van der Waals surface area contributed by atoms with Crippen molar-refractivity contribution in [3.8, 4) is 17.6 Å². The van der Waals surface area contributed by atoms with Crippen LogP contribution in [0.5, 0.6) is 11.5 Å². The third-order valence-corrected chi connectivity index (χ3v) is 8.30. The van der Waals surface area contributed by atoms with Crippen molar-refractivity contribution in [1.29, 1.82) is 5.26 Å². The molecule has 3 aromatic carbocycles. The van der Waals surface area contributed by atoms with Crippen LogP contribution in [0.2, 0.25) is 0 Å². The van der Waals surface area contributed by atoms with Crippen LogP contribution in [0.1, 0.15) is 50.8 Å². The summed E-state index contributed by atoms with van der Waals surface area (Å²) in [5.74, 6) is 1.51. The van der Waals surface area contributed by atoms with E-state index in [1.54, 1.807) is 14.2 Å². The number of ether oxygens (including phenoxy) is 3. The molecule has 0 bridgehead atoms. The van der Waals surface area contributed by atoms with Crippen molar-refractivity contribution in [3.05, 3.63) is 95.6 Å². The molecular weight excluding hydrogens is 511 g/mol. The minimum Gasteiger partial charge on any atom is -0.497 e. The lowest BCUT2D eigenvalue weighted by Gasteiger charge is -2.38. The summed E-state index contributed by atoms with van der Waals surface area (Å²) < 4.78 is 32.3. The van der Waals surface area contributed by atoms with Crippen molar-refractivity contribution >= 4 is 8.53 Å². The van der Waals surface area contributed by atoms with E-state index in [0.717, 1.165) is 28.2 Å². The van der Waals surface area contributed by atoms with E-state index in [-0.39, 0.29) is 18.9 Å². The molecule has 0 aromatic heterocycles. The molecule has 39 heavy (non-hydrogen) atoms. The second-order valence-electron chi connectivity index (χ2n) is 9.44. The highest BCUT2D eigenvalue weighted by molar-refractivity contribution is 7.44. The molecule has 0 amide bonds. The minimum atomic E-state index is -1.47. The summed E-state index contributed by atoms with van der Waals surface area (Å²) in [5.41, 5.74) is 1.79. The topological polar surface area (TPSA) is 73.2 Å². The summed E-state index contributed by atoms with van der Waals surface area (Å²) in [6.45, 7) is 8.68. The van der Waals surface area contributed by atoms with E-state index in [9.17, 15) is 0 Å². The number of methoxy groups -OCH3 is 2. The van der Waals surface area contributed by atoms with Gasteiger partial charge in [0.2, 0.25) is 0 Å². The van der Waals surface area contributed by atoms with Gasteiger partial charge in [0.15, 0.2) is 6.79 Å². The standard InChI is InChI=1S/C31H39N2O5P/c1-24(2)33(25(3)4)39(37-22-10-21-32)38-23-36-31(26-11-8-7-9-12-26,27-13-17-29(34-5)18-14-27)28-15-19-30(35-6)20-16-28/h7-9,11-20,24-25H,10,22-23H2,1-6H3. The molecule has 0 saturated heterocycles. The van der Waals surface area contributed by atoms with Crippen molar-refractivity contribution < 1.29 is 23.3 Å². The molecule has 0 N–H and O–H groups in total. The number of nitrogens with zero attached hydrogens (tertiary/aromatic N) is 2. The Labute approximate surface area is 234 Å².